The molecule has 2 amide bonds. The number of methoxy groups -OCH3 is 2. The third-order valence-electron chi connectivity index (χ3n) is 6.94. The summed E-state index contributed by atoms with van der Waals surface area (Å²) in [6, 6.07) is 5.98. The highest BCUT2D eigenvalue weighted by atomic mass is 16.5. The average molecular weight is 416 g/mol. The van der Waals surface area contributed by atoms with Crippen LogP contribution >= 0.6 is 0 Å². The van der Waals surface area contributed by atoms with E-state index in [1.165, 1.54) is 45.2 Å². The Labute approximate surface area is 178 Å². The molecular formula is C23H33N3O4. The minimum atomic E-state index is -0.334. The highest BCUT2D eigenvalue weighted by molar-refractivity contribution is 6.01. The molecule has 3 aliphatic heterocycles. The molecule has 0 radical (unpaired) electrons. The Kier molecular flexibility index (Phi) is 6.46. The Balaban J connectivity index is 1.37. The average Bonchev–Trinajstić information content (AvgIpc) is 3.18. The molecule has 1 aromatic carbocycles. The van der Waals surface area contributed by atoms with Gasteiger partial charge in [0, 0.05) is 31.6 Å². The number of nitrogens with zero attached hydrogens (tertiary/aromatic N) is 2. The van der Waals surface area contributed by atoms with Crippen molar-refractivity contribution >= 4 is 17.5 Å². The molecule has 30 heavy (non-hydrogen) atoms. The normalized spacial score (nSPS) is 26.9. The summed E-state index contributed by atoms with van der Waals surface area (Å²) in [6.45, 7) is 3.48. The van der Waals surface area contributed by atoms with E-state index in [1.807, 2.05) is 0 Å². The Morgan fingerprint density at radius 1 is 1.13 bits per heavy atom. The molecule has 0 saturated carbocycles. The third kappa shape index (κ3) is 4.26. The van der Waals surface area contributed by atoms with Crippen LogP contribution in [0.1, 0.15) is 38.5 Å². The first-order valence-electron chi connectivity index (χ1n) is 11.1. The fourth-order valence-electron chi connectivity index (χ4n) is 5.32. The number of amides is 2. The number of ether oxygens (including phenoxy) is 2. The Bertz CT molecular complexity index is 782. The highest BCUT2D eigenvalue weighted by Crippen LogP contribution is 2.36. The molecule has 7 nitrogen and oxygen atoms in total. The number of piperidine rings is 2. The standard InChI is InChI=1S/C23H33N3O4/c1-29-18-8-9-21(30-2)20(13-18)26-15-17(12-22(26)27)23(28)24-14-16-6-5-11-25-10-4-3-7-19(16)25/h8-9,13,16-17,19H,3-7,10-12,14-15H2,1-2H3,(H,24,28)/t16-,17-,19+/m1/s1. The van der Waals surface area contributed by atoms with Crippen LogP contribution in [0.2, 0.25) is 0 Å². The topological polar surface area (TPSA) is 71.1 Å². The van der Waals surface area contributed by atoms with Crippen LogP contribution in [0, 0.1) is 11.8 Å². The summed E-state index contributed by atoms with van der Waals surface area (Å²) in [7, 11) is 3.17. The zero-order valence-corrected chi connectivity index (χ0v) is 18.1. The molecule has 3 atom stereocenters. The van der Waals surface area contributed by atoms with Crippen molar-refractivity contribution in [3.05, 3.63) is 18.2 Å². The number of carbonyl (C=O) groups is 2. The number of carbonyl (C=O) groups excluding carboxylic acids is 2. The fraction of sp³-hybridized carbons (Fsp3) is 0.652. The zero-order chi connectivity index (χ0) is 21.1. The lowest BCUT2D eigenvalue weighted by molar-refractivity contribution is -0.126. The molecule has 0 aliphatic carbocycles. The van der Waals surface area contributed by atoms with Gasteiger partial charge < -0.3 is 24.6 Å². The molecule has 3 saturated heterocycles. The lowest BCUT2D eigenvalue weighted by Gasteiger charge is -2.44. The van der Waals surface area contributed by atoms with Gasteiger partial charge in [-0.3, -0.25) is 9.59 Å². The molecule has 7 heteroatoms. The summed E-state index contributed by atoms with van der Waals surface area (Å²) < 4.78 is 10.7. The van der Waals surface area contributed by atoms with Crippen LogP contribution in [0.3, 0.4) is 0 Å². The van der Waals surface area contributed by atoms with E-state index < -0.39 is 0 Å². The number of fused-ring (bicyclic) bond motifs is 1. The monoisotopic (exact) mass is 415 g/mol. The maximum absolute atomic E-state index is 12.9. The van der Waals surface area contributed by atoms with Crippen molar-refractivity contribution in [2.24, 2.45) is 11.8 Å². The van der Waals surface area contributed by atoms with Gasteiger partial charge in [-0.15, -0.1) is 0 Å². The zero-order valence-electron chi connectivity index (χ0n) is 18.1. The van der Waals surface area contributed by atoms with Gasteiger partial charge in [-0.1, -0.05) is 6.42 Å². The summed E-state index contributed by atoms with van der Waals surface area (Å²) >= 11 is 0. The van der Waals surface area contributed by atoms with Gasteiger partial charge in [-0.05, 0) is 56.8 Å². The second-order valence-electron chi connectivity index (χ2n) is 8.69. The molecule has 164 valence electrons. The quantitative estimate of drug-likeness (QED) is 0.773. The molecule has 0 spiro atoms. The lowest BCUT2D eigenvalue weighted by Crippen LogP contribution is -2.51. The molecule has 4 rings (SSSR count). The second-order valence-corrected chi connectivity index (χ2v) is 8.69. The maximum atomic E-state index is 12.9. The first kappa shape index (κ1) is 21.0. The molecule has 3 aliphatic rings. The van der Waals surface area contributed by atoms with Gasteiger partial charge in [0.1, 0.15) is 11.5 Å². The van der Waals surface area contributed by atoms with E-state index in [1.54, 1.807) is 37.3 Å². The first-order chi connectivity index (χ1) is 14.6. The number of anilines is 1. The van der Waals surface area contributed by atoms with Crippen molar-refractivity contribution in [1.29, 1.82) is 0 Å². The Morgan fingerprint density at radius 3 is 2.77 bits per heavy atom. The molecule has 3 fully saturated rings. The summed E-state index contributed by atoms with van der Waals surface area (Å²) in [4.78, 5) is 29.8. The molecule has 1 aromatic rings. The number of hydrogen-bond acceptors (Lipinski definition) is 5. The fourth-order valence-corrected chi connectivity index (χ4v) is 5.32. The lowest BCUT2D eigenvalue weighted by atomic mass is 9.83. The van der Waals surface area contributed by atoms with Gasteiger partial charge in [0.05, 0.1) is 25.8 Å². The largest absolute Gasteiger partial charge is 0.497 e. The number of rotatable bonds is 6. The predicted octanol–water partition coefficient (Wildman–Crippen LogP) is 2.44. The second kappa shape index (κ2) is 9.25. The van der Waals surface area contributed by atoms with E-state index in [9.17, 15) is 9.59 Å². The predicted molar refractivity (Wildman–Crippen MR) is 115 cm³/mol. The van der Waals surface area contributed by atoms with Gasteiger partial charge in [0.15, 0.2) is 0 Å². The molecule has 0 aromatic heterocycles. The number of hydrogen-bond donors (Lipinski definition) is 1. The van der Waals surface area contributed by atoms with Crippen molar-refractivity contribution in [3.63, 3.8) is 0 Å². The Hall–Kier alpha value is -2.28. The SMILES string of the molecule is COc1ccc(OC)c(N2C[C@H](C(=O)NC[C@H]3CCCN4CCCC[C@@H]34)CC2=O)c1. The van der Waals surface area contributed by atoms with Gasteiger partial charge in [-0.25, -0.2) is 0 Å². The van der Waals surface area contributed by atoms with Crippen LogP contribution in [0.25, 0.3) is 0 Å². The Morgan fingerprint density at radius 2 is 1.97 bits per heavy atom. The van der Waals surface area contributed by atoms with Crippen molar-refractivity contribution < 1.29 is 19.1 Å². The van der Waals surface area contributed by atoms with E-state index in [-0.39, 0.29) is 24.2 Å². The molecular weight excluding hydrogens is 382 g/mol. The first-order valence-corrected chi connectivity index (χ1v) is 11.1. The summed E-state index contributed by atoms with van der Waals surface area (Å²) in [5.41, 5.74) is 0.655. The van der Waals surface area contributed by atoms with E-state index in [2.05, 4.69) is 10.2 Å². The summed E-state index contributed by atoms with van der Waals surface area (Å²) in [5.74, 6) is 1.37. The van der Waals surface area contributed by atoms with E-state index in [4.69, 9.17) is 9.47 Å². The number of benzene rings is 1. The van der Waals surface area contributed by atoms with Gasteiger partial charge in [0.25, 0.3) is 0 Å². The van der Waals surface area contributed by atoms with Gasteiger partial charge in [-0.2, -0.15) is 0 Å². The van der Waals surface area contributed by atoms with E-state index in [0.717, 1.165) is 0 Å². The van der Waals surface area contributed by atoms with Crippen LogP contribution in [0.5, 0.6) is 11.5 Å². The van der Waals surface area contributed by atoms with Crippen LogP contribution in [-0.2, 0) is 9.59 Å². The third-order valence-corrected chi connectivity index (χ3v) is 6.94. The van der Waals surface area contributed by atoms with Gasteiger partial charge >= 0.3 is 0 Å². The van der Waals surface area contributed by atoms with E-state index >= 15 is 0 Å². The minimum Gasteiger partial charge on any atom is -0.497 e. The molecule has 0 unspecified atom stereocenters. The van der Waals surface area contributed by atoms with Crippen LogP contribution < -0.4 is 19.7 Å². The van der Waals surface area contributed by atoms with Crippen molar-refractivity contribution in [3.8, 4) is 11.5 Å². The van der Waals surface area contributed by atoms with Crippen LogP contribution in [0.4, 0.5) is 5.69 Å². The summed E-state index contributed by atoms with van der Waals surface area (Å²) in [6.07, 6.45) is 6.45. The highest BCUT2D eigenvalue weighted by Gasteiger charge is 2.38. The molecule has 0 bridgehead atoms. The van der Waals surface area contributed by atoms with Crippen molar-refractivity contribution in [1.82, 2.24) is 10.2 Å². The minimum absolute atomic E-state index is 0.0133. The smallest absolute Gasteiger partial charge is 0.227 e. The van der Waals surface area contributed by atoms with Crippen molar-refractivity contribution in [2.75, 3.05) is 45.3 Å². The van der Waals surface area contributed by atoms with Gasteiger partial charge in [0.2, 0.25) is 11.8 Å². The van der Waals surface area contributed by atoms with E-state index in [0.29, 0.717) is 42.2 Å². The maximum Gasteiger partial charge on any atom is 0.227 e. The molecule has 3 heterocycles. The molecule has 1 N–H and O–H groups in total. The van der Waals surface area contributed by atoms with Crippen LogP contribution in [-0.4, -0.2) is 63.2 Å². The van der Waals surface area contributed by atoms with Crippen LogP contribution in [0.15, 0.2) is 18.2 Å². The van der Waals surface area contributed by atoms with Crippen molar-refractivity contribution in [2.45, 2.75) is 44.6 Å². The summed E-state index contributed by atoms with van der Waals surface area (Å²) in [5, 5.41) is 3.17. The number of nitrogens with one attached hydrogen (secondary N) is 1.